The molecule has 8 aromatic rings. The van der Waals surface area contributed by atoms with Crippen LogP contribution in [0.15, 0.2) is 127 Å². The number of aromatic nitrogens is 3. The first-order valence-electron chi connectivity index (χ1n) is 14.3. The third-order valence-corrected chi connectivity index (χ3v) is 8.17. The van der Waals surface area contributed by atoms with E-state index in [0.717, 1.165) is 55.7 Å². The third kappa shape index (κ3) is 4.10. The molecule has 0 aliphatic heterocycles. The lowest BCUT2D eigenvalue weighted by Gasteiger charge is -2.13. The lowest BCUT2D eigenvalue weighted by atomic mass is 9.93. The number of nitrogens with zero attached hydrogens (tertiary/aromatic N) is 3. The van der Waals surface area contributed by atoms with Crippen LogP contribution in [-0.2, 0) is 0 Å². The van der Waals surface area contributed by atoms with Crippen molar-refractivity contribution in [2.45, 2.75) is 13.8 Å². The molecule has 0 amide bonds. The number of para-hydroxylation sites is 2. The Labute approximate surface area is 244 Å². The van der Waals surface area contributed by atoms with Gasteiger partial charge < -0.3 is 0 Å². The van der Waals surface area contributed by atoms with Crippen molar-refractivity contribution >= 4 is 43.4 Å². The molecule has 0 saturated heterocycles. The number of hydrogen-bond donors (Lipinski definition) is 0. The van der Waals surface area contributed by atoms with Crippen molar-refractivity contribution in [3.05, 3.63) is 139 Å². The number of benzene rings is 6. The van der Waals surface area contributed by atoms with Gasteiger partial charge in [0.25, 0.3) is 0 Å². The van der Waals surface area contributed by atoms with Crippen molar-refractivity contribution < 1.29 is 0 Å². The highest BCUT2D eigenvalue weighted by molar-refractivity contribution is 6.05. The van der Waals surface area contributed by atoms with Crippen LogP contribution in [0, 0.1) is 13.8 Å². The Morgan fingerprint density at radius 1 is 0.429 bits per heavy atom. The minimum atomic E-state index is 0.775. The zero-order valence-electron chi connectivity index (χ0n) is 23.5. The lowest BCUT2D eigenvalue weighted by Crippen LogP contribution is -1.94. The van der Waals surface area contributed by atoms with E-state index in [1.54, 1.807) is 0 Å². The molecule has 2 aromatic heterocycles. The Morgan fingerprint density at radius 3 is 1.93 bits per heavy atom. The third-order valence-electron chi connectivity index (χ3n) is 8.17. The van der Waals surface area contributed by atoms with Crippen LogP contribution in [0.1, 0.15) is 11.5 Å². The molecule has 0 N–H and O–H groups in total. The van der Waals surface area contributed by atoms with E-state index in [2.05, 4.69) is 121 Å². The second-order valence-electron chi connectivity index (χ2n) is 11.0. The fraction of sp³-hybridized carbons (Fsp3) is 0.0513. The predicted molar refractivity (Wildman–Crippen MR) is 176 cm³/mol. The highest BCUT2D eigenvalue weighted by Gasteiger charge is 2.13. The highest BCUT2D eigenvalue weighted by Crippen LogP contribution is 2.37. The van der Waals surface area contributed by atoms with E-state index in [1.165, 1.54) is 32.7 Å². The van der Waals surface area contributed by atoms with Crippen LogP contribution in [0.4, 0.5) is 0 Å². The SMILES string of the molecule is Cc1cc(-c2ccc3ccccc3c2)c2cccc(-c3ccc4ccc(-c5nc(C)nc6ccccc56)cc4c3)c2n1. The van der Waals surface area contributed by atoms with Crippen LogP contribution in [0.3, 0.4) is 0 Å². The van der Waals surface area contributed by atoms with E-state index in [1.807, 2.05) is 25.1 Å². The van der Waals surface area contributed by atoms with Crippen molar-refractivity contribution in [2.75, 3.05) is 0 Å². The van der Waals surface area contributed by atoms with Crippen LogP contribution in [-0.4, -0.2) is 15.0 Å². The molecule has 3 nitrogen and oxygen atoms in total. The second kappa shape index (κ2) is 9.60. The topological polar surface area (TPSA) is 38.7 Å². The summed E-state index contributed by atoms with van der Waals surface area (Å²) in [6.07, 6.45) is 0. The molecule has 0 spiro atoms. The molecule has 6 aromatic carbocycles. The van der Waals surface area contributed by atoms with Crippen LogP contribution in [0.25, 0.3) is 76.9 Å². The molecule has 8 rings (SSSR count). The predicted octanol–water partition coefficient (Wildman–Crippen LogP) is 10.1. The highest BCUT2D eigenvalue weighted by atomic mass is 14.9. The number of fused-ring (bicyclic) bond motifs is 4. The first-order valence-corrected chi connectivity index (χ1v) is 14.3. The molecule has 2 heterocycles. The summed E-state index contributed by atoms with van der Waals surface area (Å²) in [4.78, 5) is 14.6. The van der Waals surface area contributed by atoms with Crippen molar-refractivity contribution in [1.82, 2.24) is 15.0 Å². The quantitative estimate of drug-likeness (QED) is 0.225. The fourth-order valence-electron chi connectivity index (χ4n) is 6.18. The summed E-state index contributed by atoms with van der Waals surface area (Å²) < 4.78 is 0. The van der Waals surface area contributed by atoms with Gasteiger partial charge in [-0.3, -0.25) is 4.98 Å². The summed E-state index contributed by atoms with van der Waals surface area (Å²) in [6, 6.07) is 45.5. The maximum Gasteiger partial charge on any atom is 0.126 e. The molecule has 0 aliphatic rings. The summed E-state index contributed by atoms with van der Waals surface area (Å²) >= 11 is 0. The Balaban J connectivity index is 1.29. The summed E-state index contributed by atoms with van der Waals surface area (Å²) in [5, 5.41) is 7.07. The summed E-state index contributed by atoms with van der Waals surface area (Å²) in [5.74, 6) is 0.775. The zero-order chi connectivity index (χ0) is 28.2. The van der Waals surface area contributed by atoms with E-state index in [-0.39, 0.29) is 0 Å². The molecule has 198 valence electrons. The van der Waals surface area contributed by atoms with Crippen LogP contribution in [0.5, 0.6) is 0 Å². The summed E-state index contributed by atoms with van der Waals surface area (Å²) in [7, 11) is 0. The van der Waals surface area contributed by atoms with Gasteiger partial charge in [0.1, 0.15) is 5.82 Å². The van der Waals surface area contributed by atoms with Crippen LogP contribution >= 0.6 is 0 Å². The Hall–Kier alpha value is -5.41. The lowest BCUT2D eigenvalue weighted by molar-refractivity contribution is 1.10. The normalized spacial score (nSPS) is 11.6. The molecule has 0 unspecified atom stereocenters. The Morgan fingerprint density at radius 2 is 1.07 bits per heavy atom. The van der Waals surface area contributed by atoms with Gasteiger partial charge in [-0.05, 0) is 82.4 Å². The molecule has 42 heavy (non-hydrogen) atoms. The van der Waals surface area contributed by atoms with E-state index >= 15 is 0 Å². The first-order chi connectivity index (χ1) is 20.6. The van der Waals surface area contributed by atoms with Crippen molar-refractivity contribution in [3.8, 4) is 33.5 Å². The van der Waals surface area contributed by atoms with Gasteiger partial charge in [0.15, 0.2) is 0 Å². The van der Waals surface area contributed by atoms with E-state index in [4.69, 9.17) is 9.97 Å². The molecule has 0 fully saturated rings. The molecule has 3 heteroatoms. The van der Waals surface area contributed by atoms with E-state index in [9.17, 15) is 0 Å². The van der Waals surface area contributed by atoms with Gasteiger partial charge in [-0.2, -0.15) is 0 Å². The molecular weight excluding hydrogens is 510 g/mol. The van der Waals surface area contributed by atoms with Crippen LogP contribution in [0.2, 0.25) is 0 Å². The van der Waals surface area contributed by atoms with Gasteiger partial charge in [-0.25, -0.2) is 9.97 Å². The second-order valence-corrected chi connectivity index (χ2v) is 11.0. The van der Waals surface area contributed by atoms with Crippen molar-refractivity contribution in [3.63, 3.8) is 0 Å². The average molecular weight is 538 g/mol. The number of pyridine rings is 1. The maximum atomic E-state index is 5.07. The van der Waals surface area contributed by atoms with Gasteiger partial charge in [-0.1, -0.05) is 97.1 Å². The monoisotopic (exact) mass is 537 g/mol. The van der Waals surface area contributed by atoms with Crippen LogP contribution < -0.4 is 0 Å². The fourth-order valence-corrected chi connectivity index (χ4v) is 6.18. The molecular formula is C39H27N3. The van der Waals surface area contributed by atoms with Gasteiger partial charge in [0.05, 0.1) is 16.7 Å². The minimum absolute atomic E-state index is 0.775. The largest absolute Gasteiger partial charge is 0.252 e. The van der Waals surface area contributed by atoms with E-state index < -0.39 is 0 Å². The minimum Gasteiger partial charge on any atom is -0.252 e. The summed E-state index contributed by atoms with van der Waals surface area (Å²) in [5.41, 5.74) is 9.75. The summed E-state index contributed by atoms with van der Waals surface area (Å²) in [6.45, 7) is 4.04. The smallest absolute Gasteiger partial charge is 0.126 e. The Bertz CT molecular complexity index is 2330. The maximum absolute atomic E-state index is 5.07. The van der Waals surface area contributed by atoms with Gasteiger partial charge in [0.2, 0.25) is 0 Å². The van der Waals surface area contributed by atoms with Gasteiger partial charge in [0, 0.05) is 27.6 Å². The van der Waals surface area contributed by atoms with Crippen molar-refractivity contribution in [2.24, 2.45) is 0 Å². The molecule has 0 bridgehead atoms. The first kappa shape index (κ1) is 24.4. The molecule has 0 radical (unpaired) electrons. The van der Waals surface area contributed by atoms with Gasteiger partial charge >= 0.3 is 0 Å². The number of aryl methyl sites for hydroxylation is 2. The Kier molecular flexibility index (Phi) is 5.58. The molecule has 0 atom stereocenters. The standard InChI is InChI=1S/C39H27N3/c1-24-20-36(30-18-14-26-8-3-4-9-28(26)21-30)34-12-7-11-33(39(34)40-24)29-17-15-27-16-19-31(23-32(27)22-29)38-35-10-5-6-13-37(35)41-25(2)42-38/h3-23H,1-2H3. The van der Waals surface area contributed by atoms with Gasteiger partial charge in [-0.15, -0.1) is 0 Å². The molecule has 0 saturated carbocycles. The zero-order valence-corrected chi connectivity index (χ0v) is 23.5. The molecule has 0 aliphatic carbocycles. The number of hydrogen-bond acceptors (Lipinski definition) is 3. The number of rotatable bonds is 3. The van der Waals surface area contributed by atoms with E-state index in [0.29, 0.717) is 0 Å². The van der Waals surface area contributed by atoms with Crippen molar-refractivity contribution in [1.29, 1.82) is 0 Å². The average Bonchev–Trinajstić information content (AvgIpc) is 3.03.